The molecule has 30 heavy (non-hydrogen) atoms. The first-order chi connectivity index (χ1) is 14.3. The van der Waals surface area contributed by atoms with Crippen LogP contribution in [0.15, 0.2) is 59.4 Å². The number of nitrogens with zero attached hydrogens (tertiary/aromatic N) is 3. The van der Waals surface area contributed by atoms with Gasteiger partial charge in [0.1, 0.15) is 5.82 Å². The third-order valence-corrected chi connectivity index (χ3v) is 4.55. The number of aromatic nitrogens is 2. The van der Waals surface area contributed by atoms with Gasteiger partial charge in [0.2, 0.25) is 11.3 Å². The number of amides is 2. The first kappa shape index (κ1) is 21.2. The van der Waals surface area contributed by atoms with Crippen molar-refractivity contribution in [3.8, 4) is 5.69 Å². The Morgan fingerprint density at radius 2 is 1.90 bits per heavy atom. The number of benzene rings is 2. The molecule has 1 heterocycles. The molecule has 154 valence electrons. The fourth-order valence-electron chi connectivity index (χ4n) is 2.80. The first-order valence-corrected chi connectivity index (χ1v) is 9.31. The van der Waals surface area contributed by atoms with Crippen molar-refractivity contribution < 1.29 is 14.0 Å². The minimum absolute atomic E-state index is 0.260. The zero-order chi connectivity index (χ0) is 21.8. The summed E-state index contributed by atoms with van der Waals surface area (Å²) in [5, 5.41) is 7.07. The molecule has 0 saturated carbocycles. The van der Waals surface area contributed by atoms with Crippen molar-refractivity contribution in [3.05, 3.63) is 87.0 Å². The number of anilines is 1. The molecule has 0 bridgehead atoms. The van der Waals surface area contributed by atoms with Crippen LogP contribution in [-0.2, 0) is 4.79 Å². The average molecular weight is 429 g/mol. The molecule has 1 N–H and O–H groups in total. The van der Waals surface area contributed by atoms with Gasteiger partial charge in [-0.05, 0) is 37.3 Å². The molecule has 0 saturated heterocycles. The van der Waals surface area contributed by atoms with Crippen LogP contribution in [0.4, 0.5) is 10.1 Å². The maximum absolute atomic E-state index is 13.2. The number of carbonyl (C=O) groups excluding carboxylic acids is 2. The van der Waals surface area contributed by atoms with E-state index in [2.05, 4.69) is 10.4 Å². The van der Waals surface area contributed by atoms with Crippen molar-refractivity contribution in [1.82, 2.24) is 14.7 Å². The predicted octanol–water partition coefficient (Wildman–Crippen LogP) is 3.04. The van der Waals surface area contributed by atoms with E-state index in [0.29, 0.717) is 16.4 Å². The van der Waals surface area contributed by atoms with Crippen molar-refractivity contribution in [1.29, 1.82) is 0 Å². The third-order valence-electron chi connectivity index (χ3n) is 4.23. The second-order valence-electron chi connectivity index (χ2n) is 6.58. The van der Waals surface area contributed by atoms with Gasteiger partial charge in [-0.25, -0.2) is 9.07 Å². The molecular formula is C21H18ClFN4O3. The zero-order valence-electron chi connectivity index (χ0n) is 16.2. The lowest BCUT2D eigenvalue weighted by atomic mass is 10.2. The highest BCUT2D eigenvalue weighted by Gasteiger charge is 2.21. The molecule has 3 aromatic rings. The molecule has 0 aliphatic carbocycles. The van der Waals surface area contributed by atoms with E-state index in [4.69, 9.17) is 11.6 Å². The van der Waals surface area contributed by atoms with Crippen LogP contribution in [0, 0.1) is 12.7 Å². The molecule has 9 heteroatoms. The number of aryl methyl sites for hydroxylation is 1. The van der Waals surface area contributed by atoms with E-state index in [0.717, 1.165) is 11.0 Å². The van der Waals surface area contributed by atoms with Gasteiger partial charge in [0.05, 0.1) is 17.3 Å². The lowest BCUT2D eigenvalue weighted by Crippen LogP contribution is -2.38. The number of para-hydroxylation sites is 1. The number of likely N-dealkylation sites (N-methyl/N-ethyl adjacent to an activating group) is 1. The van der Waals surface area contributed by atoms with Gasteiger partial charge < -0.3 is 10.2 Å². The Morgan fingerprint density at radius 3 is 2.60 bits per heavy atom. The molecule has 0 spiro atoms. The van der Waals surface area contributed by atoms with Crippen molar-refractivity contribution in [2.45, 2.75) is 6.92 Å². The normalized spacial score (nSPS) is 10.5. The van der Waals surface area contributed by atoms with Gasteiger partial charge in [-0.2, -0.15) is 5.10 Å². The second kappa shape index (κ2) is 8.87. The molecule has 7 nitrogen and oxygen atoms in total. The highest BCUT2D eigenvalue weighted by molar-refractivity contribution is 6.32. The van der Waals surface area contributed by atoms with Crippen molar-refractivity contribution >= 4 is 29.1 Å². The number of halogens is 2. The summed E-state index contributed by atoms with van der Waals surface area (Å²) >= 11 is 6.21. The Kier molecular flexibility index (Phi) is 6.27. The van der Waals surface area contributed by atoms with Crippen LogP contribution < -0.4 is 10.7 Å². The van der Waals surface area contributed by atoms with Crippen LogP contribution in [-0.4, -0.2) is 40.1 Å². The molecule has 0 unspecified atom stereocenters. The summed E-state index contributed by atoms with van der Waals surface area (Å²) < 4.78 is 14.6. The summed E-state index contributed by atoms with van der Waals surface area (Å²) in [6.45, 7) is 1.32. The Bertz CT molecular complexity index is 1180. The second-order valence-corrected chi connectivity index (χ2v) is 6.99. The zero-order valence-corrected chi connectivity index (χ0v) is 17.0. The maximum atomic E-state index is 13.2. The van der Waals surface area contributed by atoms with Gasteiger partial charge >= 0.3 is 0 Å². The van der Waals surface area contributed by atoms with Crippen LogP contribution in [0.25, 0.3) is 5.69 Å². The third kappa shape index (κ3) is 4.72. The number of nitrogens with one attached hydrogen (secondary N) is 1. The highest BCUT2D eigenvalue weighted by atomic mass is 35.5. The Balaban J connectivity index is 1.82. The molecule has 0 aliphatic heterocycles. The minimum atomic E-state index is -0.727. The number of rotatable bonds is 5. The molecule has 0 fully saturated rings. The van der Waals surface area contributed by atoms with E-state index in [9.17, 15) is 18.8 Å². The molecule has 0 aliphatic rings. The molecule has 3 rings (SSSR count). The lowest BCUT2D eigenvalue weighted by Gasteiger charge is -2.18. The van der Waals surface area contributed by atoms with Crippen LogP contribution in [0.1, 0.15) is 16.2 Å². The largest absolute Gasteiger partial charge is 0.331 e. The molecule has 2 amide bonds. The van der Waals surface area contributed by atoms with E-state index in [1.54, 1.807) is 31.2 Å². The molecule has 2 aromatic carbocycles. The summed E-state index contributed by atoms with van der Waals surface area (Å²) in [5.41, 5.74) is 0.350. The SMILES string of the molecule is Cc1cc(=O)c(C(=O)N(C)CC(=O)Nc2cccc(F)c2)nn1-c1ccccc1Cl. The number of hydrogen-bond acceptors (Lipinski definition) is 4. The molecule has 1 aromatic heterocycles. The topological polar surface area (TPSA) is 84.3 Å². The van der Waals surface area contributed by atoms with Crippen molar-refractivity contribution in [2.75, 3.05) is 18.9 Å². The van der Waals surface area contributed by atoms with Crippen LogP contribution in [0.2, 0.25) is 5.02 Å². The smallest absolute Gasteiger partial charge is 0.278 e. The highest BCUT2D eigenvalue weighted by Crippen LogP contribution is 2.20. The van der Waals surface area contributed by atoms with Gasteiger partial charge in [0.15, 0.2) is 5.69 Å². The van der Waals surface area contributed by atoms with E-state index < -0.39 is 23.1 Å². The monoisotopic (exact) mass is 428 g/mol. The Hall–Kier alpha value is -3.52. The molecule has 0 atom stereocenters. The lowest BCUT2D eigenvalue weighted by molar-refractivity contribution is -0.116. The van der Waals surface area contributed by atoms with E-state index in [-0.39, 0.29) is 17.9 Å². The molecular weight excluding hydrogens is 411 g/mol. The number of carbonyl (C=O) groups is 2. The quantitative estimate of drug-likeness (QED) is 0.677. The van der Waals surface area contributed by atoms with Crippen LogP contribution in [0.3, 0.4) is 0 Å². The van der Waals surface area contributed by atoms with Gasteiger partial charge in [-0.15, -0.1) is 0 Å². The molecule has 0 radical (unpaired) electrons. The van der Waals surface area contributed by atoms with E-state index in [1.807, 2.05) is 0 Å². The maximum Gasteiger partial charge on any atom is 0.278 e. The minimum Gasteiger partial charge on any atom is -0.331 e. The fourth-order valence-corrected chi connectivity index (χ4v) is 3.01. The Labute approximate surface area is 176 Å². The summed E-state index contributed by atoms with van der Waals surface area (Å²) in [6, 6.07) is 13.5. The Morgan fingerprint density at radius 1 is 1.17 bits per heavy atom. The summed E-state index contributed by atoms with van der Waals surface area (Å²) in [6.07, 6.45) is 0. The first-order valence-electron chi connectivity index (χ1n) is 8.93. The van der Waals surface area contributed by atoms with Gasteiger partial charge in [-0.1, -0.05) is 29.8 Å². The predicted molar refractivity (Wildman–Crippen MR) is 112 cm³/mol. The summed E-state index contributed by atoms with van der Waals surface area (Å²) in [5.74, 6) is -1.77. The van der Waals surface area contributed by atoms with Crippen LogP contribution >= 0.6 is 11.6 Å². The van der Waals surface area contributed by atoms with Crippen molar-refractivity contribution in [3.63, 3.8) is 0 Å². The van der Waals surface area contributed by atoms with Gasteiger partial charge in [0.25, 0.3) is 5.91 Å². The van der Waals surface area contributed by atoms with Gasteiger partial charge in [-0.3, -0.25) is 14.4 Å². The van der Waals surface area contributed by atoms with E-state index >= 15 is 0 Å². The van der Waals surface area contributed by atoms with Crippen molar-refractivity contribution in [2.24, 2.45) is 0 Å². The average Bonchev–Trinajstić information content (AvgIpc) is 2.68. The number of hydrogen-bond donors (Lipinski definition) is 1. The fraction of sp³-hybridized carbons (Fsp3) is 0.143. The van der Waals surface area contributed by atoms with Gasteiger partial charge in [0, 0.05) is 24.5 Å². The van der Waals surface area contributed by atoms with E-state index in [1.165, 1.54) is 36.0 Å². The van der Waals surface area contributed by atoms with Crippen LogP contribution in [0.5, 0.6) is 0 Å². The standard InChI is InChI=1S/C21H18ClFN4O3/c1-13-10-18(28)20(25-27(13)17-9-4-3-8-16(17)22)21(30)26(2)12-19(29)24-15-7-5-6-14(23)11-15/h3-11H,12H2,1-2H3,(H,24,29). The summed E-state index contributed by atoms with van der Waals surface area (Å²) in [7, 11) is 1.37. The summed E-state index contributed by atoms with van der Waals surface area (Å²) in [4.78, 5) is 38.4.